The summed E-state index contributed by atoms with van der Waals surface area (Å²) in [7, 11) is 5.31. The van der Waals surface area contributed by atoms with Crippen molar-refractivity contribution in [2.75, 3.05) is 65.4 Å². The molecule has 5 heterocycles. The first-order valence-corrected chi connectivity index (χ1v) is 17.3. The molecular weight excluding hydrogens is 645 g/mol. The summed E-state index contributed by atoms with van der Waals surface area (Å²) in [4.78, 5) is 17.9. The zero-order valence-electron chi connectivity index (χ0n) is 27.8. The van der Waals surface area contributed by atoms with E-state index in [0.717, 1.165) is 49.3 Å². The molecule has 1 aromatic heterocycles. The first kappa shape index (κ1) is 33.7. The number of nitrogens with zero attached hydrogens (tertiary/aromatic N) is 6. The van der Waals surface area contributed by atoms with E-state index in [1.165, 1.54) is 17.0 Å². The number of benzene rings is 1. The third-order valence-corrected chi connectivity index (χ3v) is 11.7. The molecule has 3 fully saturated rings. The molecule has 0 bridgehead atoms. The van der Waals surface area contributed by atoms with E-state index in [9.17, 15) is 13.9 Å². The summed E-state index contributed by atoms with van der Waals surface area (Å²) in [5.74, 6) is -0.135. The summed E-state index contributed by atoms with van der Waals surface area (Å²) in [5.41, 5.74) is 1.91. The van der Waals surface area contributed by atoms with Crippen LogP contribution in [0.1, 0.15) is 54.5 Å². The van der Waals surface area contributed by atoms with Crippen LogP contribution in [0.3, 0.4) is 0 Å². The van der Waals surface area contributed by atoms with Crippen molar-refractivity contribution in [2.45, 2.75) is 75.0 Å². The predicted octanol–water partition coefficient (Wildman–Crippen LogP) is 2.66. The molecule has 5 aliphatic rings. The fourth-order valence-corrected chi connectivity index (χ4v) is 8.96. The highest BCUT2D eigenvalue weighted by molar-refractivity contribution is 6.43. The van der Waals surface area contributed by atoms with Gasteiger partial charge in [-0.15, -0.1) is 0 Å². The largest absolute Gasteiger partial charge is 0.461 e. The van der Waals surface area contributed by atoms with E-state index in [0.29, 0.717) is 68.8 Å². The summed E-state index contributed by atoms with van der Waals surface area (Å²) >= 11 is 6.76. The van der Waals surface area contributed by atoms with E-state index in [4.69, 9.17) is 31.7 Å². The molecule has 1 aliphatic carbocycles. The molecule has 1 unspecified atom stereocenters. The van der Waals surface area contributed by atoms with Crippen LogP contribution in [-0.4, -0.2) is 114 Å². The van der Waals surface area contributed by atoms with Gasteiger partial charge in [0, 0.05) is 50.0 Å². The zero-order chi connectivity index (χ0) is 34.0. The lowest BCUT2D eigenvalue weighted by Crippen LogP contribution is -2.83. The molecule has 4 N–H and O–H groups in total. The van der Waals surface area contributed by atoms with Gasteiger partial charge >= 0.3 is 6.01 Å². The van der Waals surface area contributed by atoms with Crippen LogP contribution in [-0.2, 0) is 24.9 Å². The number of quaternary nitrogens is 1. The van der Waals surface area contributed by atoms with Crippen LogP contribution in [0.5, 0.6) is 6.01 Å². The summed E-state index contributed by atoms with van der Waals surface area (Å²) in [6.45, 7) is 3.66. The van der Waals surface area contributed by atoms with Gasteiger partial charge in [-0.1, -0.05) is 11.6 Å². The Kier molecular flexibility index (Phi) is 8.99. The van der Waals surface area contributed by atoms with Crippen molar-refractivity contribution in [1.82, 2.24) is 24.7 Å². The highest BCUT2D eigenvalue weighted by atomic mass is 35.5. The van der Waals surface area contributed by atoms with Crippen molar-refractivity contribution in [3.63, 3.8) is 0 Å². The molecule has 1 aromatic carbocycles. The number of aliphatic hydroxyl groups excluding tert-OH is 1. The average Bonchev–Trinajstić information content (AvgIpc) is 3.65. The molecule has 14 heteroatoms. The van der Waals surface area contributed by atoms with E-state index in [1.807, 2.05) is 12.4 Å². The van der Waals surface area contributed by atoms with Gasteiger partial charge in [0.05, 0.1) is 35.6 Å². The topological polar surface area (TPSA) is 109 Å². The second-order valence-electron chi connectivity index (χ2n) is 14.4. The second-order valence-corrected chi connectivity index (χ2v) is 14.8. The summed E-state index contributed by atoms with van der Waals surface area (Å²) in [6.07, 6.45) is 2.35. The molecule has 7 rings (SSSR count). The number of nitrogens with two attached hydrogens (primary N) is 1. The molecule has 10 nitrogen and oxygen atoms in total. The number of halogens is 4. The molecule has 4 atom stereocenters. The number of anilines is 1. The van der Waals surface area contributed by atoms with E-state index in [1.54, 1.807) is 14.1 Å². The summed E-state index contributed by atoms with van der Waals surface area (Å²) in [5, 5.41) is 21.3. The van der Waals surface area contributed by atoms with Crippen LogP contribution in [0.2, 0.25) is 0 Å². The number of fused-ring (bicyclic) bond motifs is 4. The molecule has 0 amide bonds. The third kappa shape index (κ3) is 5.69. The van der Waals surface area contributed by atoms with Crippen LogP contribution in [0.4, 0.5) is 19.0 Å². The number of ether oxygens (including phenoxy) is 1. The molecule has 0 saturated carbocycles. The smallest absolute Gasteiger partial charge is 0.318 e. The van der Waals surface area contributed by atoms with E-state index in [-0.39, 0.29) is 34.7 Å². The van der Waals surface area contributed by atoms with Crippen LogP contribution in [0.25, 0.3) is 0 Å². The minimum Gasteiger partial charge on any atom is -0.461 e. The van der Waals surface area contributed by atoms with Gasteiger partial charge in [0.2, 0.25) is 0 Å². The Morgan fingerprint density at radius 2 is 1.96 bits per heavy atom. The molecule has 1 spiro atoms. The zero-order valence-corrected chi connectivity index (χ0v) is 28.6. The van der Waals surface area contributed by atoms with Crippen molar-refractivity contribution in [2.24, 2.45) is 0 Å². The number of nitrogens with one attached hydrogen (secondary N) is 1. The SMILES string of the molecule is CN(C)C(O)C(=N)/C(Cl)=C1/CN(c2nc(OC[C@@]34CCCN3C[C@H](F)C4)nc3c2CN(C)[C@@]2(CCc4c(F)ccc(F)c42)C3)CCC[NH2+]1. The minimum absolute atomic E-state index is 0.0811. The third-order valence-electron chi connectivity index (χ3n) is 11.3. The van der Waals surface area contributed by atoms with Crippen LogP contribution in [0.15, 0.2) is 22.9 Å². The Labute approximate surface area is 284 Å². The Bertz CT molecular complexity index is 1640. The number of rotatable bonds is 7. The van der Waals surface area contributed by atoms with Crippen LogP contribution in [0, 0.1) is 17.0 Å². The summed E-state index contributed by atoms with van der Waals surface area (Å²) in [6, 6.07) is 2.61. The Morgan fingerprint density at radius 1 is 1.17 bits per heavy atom. The van der Waals surface area contributed by atoms with Crippen LogP contribution < -0.4 is 15.0 Å². The van der Waals surface area contributed by atoms with E-state index in [2.05, 4.69) is 14.7 Å². The normalized spacial score (nSPS) is 29.2. The molecule has 4 aliphatic heterocycles. The standard InChI is InChI=1S/C34H44ClF3N8O2/c1-43(2)31(47)29(39)28(35)26-18-45(12-5-11-40-26)30-22-17-44(3)34(10-8-21-23(37)6-7-24(38)27(21)34)15-25(22)41-32(42-30)48-19-33-9-4-13-46(33)16-20(36)14-33/h6-7,20,31,39-40,47H,4-5,8-19H2,1-3H3/p+1/b28-26+,39-29?/t20-,31?,33+,34+/m1/s1. The van der Waals surface area contributed by atoms with Gasteiger partial charge in [-0.05, 0) is 71.1 Å². The average molecular weight is 690 g/mol. The Balaban J connectivity index is 1.28. The van der Waals surface area contributed by atoms with Gasteiger partial charge in [-0.2, -0.15) is 9.97 Å². The number of hydrogen-bond donors (Lipinski definition) is 3. The Morgan fingerprint density at radius 3 is 2.75 bits per heavy atom. The number of aromatic nitrogens is 2. The number of hydrogen-bond acceptors (Lipinski definition) is 9. The lowest BCUT2D eigenvalue weighted by Gasteiger charge is -2.44. The first-order valence-electron chi connectivity index (χ1n) is 16.9. The highest BCUT2D eigenvalue weighted by Gasteiger charge is 2.51. The fraction of sp³-hybridized carbons (Fsp3) is 0.618. The lowest BCUT2D eigenvalue weighted by atomic mass is 9.80. The van der Waals surface area contributed by atoms with Crippen LogP contribution >= 0.6 is 11.6 Å². The quantitative estimate of drug-likeness (QED) is 0.301. The number of aliphatic hydroxyl groups is 1. The minimum atomic E-state index is -1.15. The molecule has 3 saturated heterocycles. The molecular formula is C34H45ClF3N8O2+. The lowest BCUT2D eigenvalue weighted by molar-refractivity contribution is -0.605. The summed E-state index contributed by atoms with van der Waals surface area (Å²) < 4.78 is 51.5. The van der Waals surface area contributed by atoms with Crippen molar-refractivity contribution < 1.29 is 28.3 Å². The Hall–Kier alpha value is -2.81. The molecule has 0 radical (unpaired) electrons. The number of alkyl halides is 1. The monoisotopic (exact) mass is 689 g/mol. The molecule has 48 heavy (non-hydrogen) atoms. The van der Waals surface area contributed by atoms with Gasteiger partial charge in [-0.3, -0.25) is 20.1 Å². The first-order chi connectivity index (χ1) is 22.9. The molecule has 260 valence electrons. The second kappa shape index (κ2) is 12.8. The van der Waals surface area contributed by atoms with Gasteiger partial charge in [0.25, 0.3) is 0 Å². The van der Waals surface area contributed by atoms with Gasteiger partial charge in [-0.25, -0.2) is 13.2 Å². The van der Waals surface area contributed by atoms with Crippen molar-refractivity contribution >= 4 is 23.1 Å². The van der Waals surface area contributed by atoms with E-state index < -0.39 is 23.8 Å². The van der Waals surface area contributed by atoms with Gasteiger partial charge in [0.15, 0.2) is 6.23 Å². The fourth-order valence-electron chi connectivity index (χ4n) is 8.73. The number of likely N-dealkylation sites (N-methyl/N-ethyl adjacent to an activating group) is 1. The van der Waals surface area contributed by atoms with Crippen molar-refractivity contribution in [3.05, 3.63) is 56.9 Å². The van der Waals surface area contributed by atoms with Crippen molar-refractivity contribution in [3.8, 4) is 6.01 Å². The maximum atomic E-state index is 15.5. The maximum absolute atomic E-state index is 15.5. The van der Waals surface area contributed by atoms with Crippen molar-refractivity contribution in [1.29, 1.82) is 5.41 Å². The van der Waals surface area contributed by atoms with Gasteiger partial charge in [0.1, 0.15) is 41.0 Å². The highest BCUT2D eigenvalue weighted by Crippen LogP contribution is 2.50. The van der Waals surface area contributed by atoms with E-state index >= 15 is 4.39 Å². The predicted molar refractivity (Wildman–Crippen MR) is 176 cm³/mol. The van der Waals surface area contributed by atoms with Gasteiger partial charge < -0.3 is 20.1 Å². The molecule has 2 aromatic rings. The maximum Gasteiger partial charge on any atom is 0.318 e.